The first kappa shape index (κ1) is 26.9. The normalized spacial score (nSPS) is 42.6. The number of hydrogen-bond acceptors (Lipinski definition) is 5. The molecule has 7 atom stereocenters. The highest BCUT2D eigenvalue weighted by Crippen LogP contribution is 2.75. The van der Waals surface area contributed by atoms with E-state index in [9.17, 15) is 25.2 Å². The number of carboxylic acids is 1. The van der Waals surface area contributed by atoms with E-state index in [0.29, 0.717) is 11.7 Å². The SMILES string of the molecule is Cc1c(O)c(O)cc2c1C(SCCO)C=C1C2(C)CCC2(C)C3CC(C)(C(=O)O)CCC3(C)CCC12C. The van der Waals surface area contributed by atoms with Crippen LogP contribution in [0.4, 0.5) is 0 Å². The molecular weight excluding hydrogens is 484 g/mol. The number of benzene rings is 1. The van der Waals surface area contributed by atoms with Gasteiger partial charge >= 0.3 is 5.97 Å². The van der Waals surface area contributed by atoms with Gasteiger partial charge in [0.15, 0.2) is 11.5 Å². The molecule has 0 spiro atoms. The molecule has 5 nitrogen and oxygen atoms in total. The average Bonchev–Trinajstić information content (AvgIpc) is 2.84. The fourth-order valence-electron chi connectivity index (χ4n) is 9.19. The Morgan fingerprint density at radius 2 is 1.70 bits per heavy atom. The van der Waals surface area contributed by atoms with Gasteiger partial charge in [-0.05, 0) is 104 Å². The molecule has 5 rings (SSSR count). The van der Waals surface area contributed by atoms with Crippen LogP contribution in [0.5, 0.6) is 11.5 Å². The minimum absolute atomic E-state index is 0.0140. The number of fused-ring (bicyclic) bond motifs is 7. The maximum atomic E-state index is 12.4. The van der Waals surface area contributed by atoms with Crippen LogP contribution in [0.15, 0.2) is 17.7 Å². The summed E-state index contributed by atoms with van der Waals surface area (Å²) in [6.45, 7) is 13.5. The number of thioether (sulfide) groups is 1. The summed E-state index contributed by atoms with van der Waals surface area (Å²) < 4.78 is 0. The quantitative estimate of drug-likeness (QED) is 0.252. The second-order valence-corrected chi connectivity index (χ2v) is 15.0. The van der Waals surface area contributed by atoms with Crippen molar-refractivity contribution in [3.05, 3.63) is 34.4 Å². The van der Waals surface area contributed by atoms with E-state index in [-0.39, 0.29) is 45.0 Å². The van der Waals surface area contributed by atoms with E-state index in [1.807, 2.05) is 13.8 Å². The molecule has 204 valence electrons. The summed E-state index contributed by atoms with van der Waals surface area (Å²) in [7, 11) is 0. The van der Waals surface area contributed by atoms with Gasteiger partial charge in [0, 0.05) is 16.4 Å². The zero-order valence-electron chi connectivity index (χ0n) is 23.3. The molecule has 0 heterocycles. The number of carbonyl (C=O) groups is 1. The van der Waals surface area contributed by atoms with E-state index in [4.69, 9.17) is 0 Å². The zero-order valence-corrected chi connectivity index (χ0v) is 24.1. The molecule has 1 aromatic rings. The summed E-state index contributed by atoms with van der Waals surface area (Å²) >= 11 is 1.69. The van der Waals surface area contributed by atoms with Crippen LogP contribution in [0.25, 0.3) is 0 Å². The predicted octanol–water partition coefficient (Wildman–Crippen LogP) is 6.87. The lowest BCUT2D eigenvalue weighted by atomic mass is 9.34. The van der Waals surface area contributed by atoms with Crippen LogP contribution in [0, 0.1) is 34.5 Å². The first-order chi connectivity index (χ1) is 17.2. The Kier molecular flexibility index (Phi) is 6.13. The van der Waals surface area contributed by atoms with E-state index in [1.165, 1.54) is 5.57 Å². The molecule has 7 unspecified atom stereocenters. The highest BCUT2D eigenvalue weighted by molar-refractivity contribution is 7.99. The Hall–Kier alpha value is -1.66. The standard InChI is InChI=1S/C31H44O5S/c1-18-24-19(15-20(33)25(18)34)29(4)10-12-31(6)23-17-28(3,26(35)36)8-7-27(23,2)9-11-30(31,5)22(29)16-21(24)37-14-13-32/h15-16,21,23,32-34H,7-14,17H2,1-6H3,(H,35,36). The van der Waals surface area contributed by atoms with Crippen molar-refractivity contribution < 1.29 is 25.2 Å². The third kappa shape index (κ3) is 3.50. The second kappa shape index (κ2) is 8.42. The number of hydrogen-bond donors (Lipinski definition) is 4. The van der Waals surface area contributed by atoms with Crippen LogP contribution in [0.3, 0.4) is 0 Å². The molecule has 0 radical (unpaired) electrons. The molecule has 1 aromatic carbocycles. The molecule has 0 aliphatic heterocycles. The summed E-state index contributed by atoms with van der Waals surface area (Å²) in [4.78, 5) is 12.4. The highest BCUT2D eigenvalue weighted by Gasteiger charge is 2.67. The number of rotatable bonds is 4. The van der Waals surface area contributed by atoms with Gasteiger partial charge in [0.05, 0.1) is 12.0 Å². The van der Waals surface area contributed by atoms with E-state index < -0.39 is 11.4 Å². The number of phenolic OH excluding ortho intramolecular Hbond substituents is 2. The number of aliphatic carboxylic acids is 1. The van der Waals surface area contributed by atoms with E-state index in [0.717, 1.165) is 61.6 Å². The van der Waals surface area contributed by atoms with Gasteiger partial charge in [-0.15, -0.1) is 11.8 Å². The molecule has 0 saturated heterocycles. The van der Waals surface area contributed by atoms with Crippen molar-refractivity contribution in [2.75, 3.05) is 12.4 Å². The third-order valence-electron chi connectivity index (χ3n) is 12.0. The molecular formula is C31H44O5S. The summed E-state index contributed by atoms with van der Waals surface area (Å²) in [6.07, 6.45) is 8.94. The van der Waals surface area contributed by atoms with Gasteiger partial charge in [-0.3, -0.25) is 4.79 Å². The van der Waals surface area contributed by atoms with Crippen molar-refractivity contribution in [2.45, 2.75) is 97.2 Å². The lowest BCUT2D eigenvalue weighted by molar-refractivity contribution is -0.177. The molecule has 3 saturated carbocycles. The largest absolute Gasteiger partial charge is 0.504 e. The number of allylic oxidation sites excluding steroid dienone is 1. The van der Waals surface area contributed by atoms with Gasteiger partial charge in [0.25, 0.3) is 0 Å². The fraction of sp³-hybridized carbons (Fsp3) is 0.710. The summed E-state index contributed by atoms with van der Waals surface area (Å²) in [5.41, 5.74) is 3.35. The maximum absolute atomic E-state index is 12.4. The highest BCUT2D eigenvalue weighted by atomic mass is 32.2. The number of aliphatic hydroxyl groups is 1. The lowest BCUT2D eigenvalue weighted by Crippen LogP contribution is -2.62. The zero-order chi connectivity index (χ0) is 27.2. The molecule has 37 heavy (non-hydrogen) atoms. The first-order valence-corrected chi connectivity index (χ1v) is 15.0. The maximum Gasteiger partial charge on any atom is 0.309 e. The van der Waals surface area contributed by atoms with Crippen LogP contribution >= 0.6 is 11.8 Å². The van der Waals surface area contributed by atoms with E-state index >= 15 is 0 Å². The monoisotopic (exact) mass is 528 g/mol. The van der Waals surface area contributed by atoms with Crippen LogP contribution < -0.4 is 0 Å². The minimum Gasteiger partial charge on any atom is -0.504 e. The van der Waals surface area contributed by atoms with Gasteiger partial charge in [0.1, 0.15) is 0 Å². The van der Waals surface area contributed by atoms with Crippen LogP contribution in [0.2, 0.25) is 0 Å². The molecule has 4 N–H and O–H groups in total. The second-order valence-electron chi connectivity index (χ2n) is 13.8. The molecule has 0 aromatic heterocycles. The Morgan fingerprint density at radius 1 is 1.03 bits per heavy atom. The van der Waals surface area contributed by atoms with Gasteiger partial charge in [-0.25, -0.2) is 0 Å². The first-order valence-electron chi connectivity index (χ1n) is 13.9. The Labute approximate surface area is 225 Å². The average molecular weight is 529 g/mol. The van der Waals surface area contributed by atoms with Crippen LogP contribution in [-0.2, 0) is 10.2 Å². The Balaban J connectivity index is 1.68. The van der Waals surface area contributed by atoms with Crippen molar-refractivity contribution in [2.24, 2.45) is 27.6 Å². The van der Waals surface area contributed by atoms with Crippen molar-refractivity contribution in [3.63, 3.8) is 0 Å². The Bertz CT molecular complexity index is 1180. The van der Waals surface area contributed by atoms with Gasteiger partial charge < -0.3 is 20.4 Å². The number of phenols is 2. The molecule has 0 amide bonds. The van der Waals surface area contributed by atoms with Crippen molar-refractivity contribution in [1.82, 2.24) is 0 Å². The Morgan fingerprint density at radius 3 is 2.35 bits per heavy atom. The van der Waals surface area contributed by atoms with Crippen molar-refractivity contribution in [1.29, 1.82) is 0 Å². The van der Waals surface area contributed by atoms with Crippen molar-refractivity contribution in [3.8, 4) is 11.5 Å². The molecule has 0 bridgehead atoms. The van der Waals surface area contributed by atoms with E-state index in [1.54, 1.807) is 17.8 Å². The molecule has 3 fully saturated rings. The molecule has 6 heteroatoms. The fourth-order valence-corrected chi connectivity index (χ4v) is 10.3. The topological polar surface area (TPSA) is 98.0 Å². The van der Waals surface area contributed by atoms with Crippen LogP contribution in [-0.4, -0.2) is 38.8 Å². The lowest BCUT2D eigenvalue weighted by Gasteiger charge is -2.70. The summed E-state index contributed by atoms with van der Waals surface area (Å²) in [5.74, 6) is 0.132. The molecule has 4 aliphatic rings. The summed E-state index contributed by atoms with van der Waals surface area (Å²) in [6, 6.07) is 1.79. The van der Waals surface area contributed by atoms with Crippen molar-refractivity contribution >= 4 is 17.7 Å². The van der Waals surface area contributed by atoms with Gasteiger partial charge in [0.2, 0.25) is 0 Å². The smallest absolute Gasteiger partial charge is 0.309 e. The third-order valence-corrected chi connectivity index (χ3v) is 13.1. The number of carboxylic acid groups (broad SMARTS) is 1. The van der Waals surface area contributed by atoms with Gasteiger partial charge in [-0.1, -0.05) is 39.3 Å². The minimum atomic E-state index is -0.681. The van der Waals surface area contributed by atoms with Gasteiger partial charge in [-0.2, -0.15) is 0 Å². The predicted molar refractivity (Wildman–Crippen MR) is 148 cm³/mol. The van der Waals surface area contributed by atoms with E-state index in [2.05, 4.69) is 33.8 Å². The number of aromatic hydroxyl groups is 2. The van der Waals surface area contributed by atoms with Crippen LogP contribution in [0.1, 0.15) is 102 Å². The number of aliphatic hydroxyl groups excluding tert-OH is 1. The summed E-state index contributed by atoms with van der Waals surface area (Å²) in [5, 5.41) is 41.1. The molecule has 4 aliphatic carbocycles.